The van der Waals surface area contributed by atoms with Gasteiger partial charge in [-0.25, -0.2) is 4.79 Å². The molecule has 21 heavy (non-hydrogen) atoms. The summed E-state index contributed by atoms with van der Waals surface area (Å²) in [5.74, 6) is -0.859. The number of rotatable bonds is 5. The van der Waals surface area contributed by atoms with Crippen LogP contribution in [0.2, 0.25) is 0 Å². The van der Waals surface area contributed by atoms with Crippen molar-refractivity contribution in [2.24, 2.45) is 11.7 Å². The summed E-state index contributed by atoms with van der Waals surface area (Å²) >= 11 is 0. The van der Waals surface area contributed by atoms with Crippen molar-refractivity contribution in [3.8, 4) is 0 Å². The Hall–Kier alpha value is -1.88. The van der Waals surface area contributed by atoms with Gasteiger partial charge in [-0.05, 0) is 37.0 Å². The van der Waals surface area contributed by atoms with Gasteiger partial charge in [0.15, 0.2) is 0 Å². The molecular formula is C16H22N2O3. The van der Waals surface area contributed by atoms with Gasteiger partial charge < -0.3 is 16.2 Å². The molecule has 0 aliphatic heterocycles. The number of amides is 1. The van der Waals surface area contributed by atoms with Crippen LogP contribution < -0.4 is 11.1 Å². The first-order chi connectivity index (χ1) is 10.1. The lowest BCUT2D eigenvalue weighted by Gasteiger charge is -2.30. The Morgan fingerprint density at radius 2 is 1.90 bits per heavy atom. The zero-order chi connectivity index (χ0) is 15.2. The maximum atomic E-state index is 12.3. The average molecular weight is 290 g/mol. The number of hydrogen-bond donors (Lipinski definition) is 3. The van der Waals surface area contributed by atoms with Crippen LogP contribution in [0.15, 0.2) is 24.3 Å². The van der Waals surface area contributed by atoms with Crippen molar-refractivity contribution in [2.75, 3.05) is 6.54 Å². The topological polar surface area (TPSA) is 92.4 Å². The number of nitrogens with two attached hydrogens (primary N) is 1. The number of carboxylic acids is 1. The van der Waals surface area contributed by atoms with E-state index in [0.29, 0.717) is 18.0 Å². The maximum Gasteiger partial charge on any atom is 0.335 e. The highest BCUT2D eigenvalue weighted by Gasteiger charge is 2.24. The van der Waals surface area contributed by atoms with E-state index in [4.69, 9.17) is 10.8 Å². The molecule has 1 aromatic rings. The van der Waals surface area contributed by atoms with Crippen molar-refractivity contribution < 1.29 is 14.7 Å². The molecule has 0 radical (unpaired) electrons. The summed E-state index contributed by atoms with van der Waals surface area (Å²) in [4.78, 5) is 23.2. The van der Waals surface area contributed by atoms with Crippen LogP contribution in [-0.2, 0) is 0 Å². The fourth-order valence-electron chi connectivity index (χ4n) is 2.95. The largest absolute Gasteiger partial charge is 0.478 e. The third-order valence-electron chi connectivity index (χ3n) is 4.16. The predicted octanol–water partition coefficient (Wildman–Crippen LogP) is 2.02. The number of carboxylic acid groups (broad SMARTS) is 1. The van der Waals surface area contributed by atoms with E-state index in [-0.39, 0.29) is 17.5 Å². The number of nitrogens with one attached hydrogen (secondary N) is 1. The molecule has 0 unspecified atom stereocenters. The van der Waals surface area contributed by atoms with Crippen molar-refractivity contribution in [1.29, 1.82) is 0 Å². The zero-order valence-corrected chi connectivity index (χ0v) is 12.0. The van der Waals surface area contributed by atoms with Crippen LogP contribution >= 0.6 is 0 Å². The molecule has 0 spiro atoms. The second-order valence-electron chi connectivity index (χ2n) is 5.60. The third-order valence-corrected chi connectivity index (χ3v) is 4.16. The lowest BCUT2D eigenvalue weighted by atomic mass is 9.84. The standard InChI is InChI=1S/C16H22N2O3/c17-10-14(11-5-2-1-3-6-11)18-15(19)12-7-4-8-13(9-12)16(20)21/h4,7-9,11,14H,1-3,5-6,10,17H2,(H,18,19)(H,20,21)/t14-/m1/s1. The van der Waals surface area contributed by atoms with Crippen molar-refractivity contribution in [3.63, 3.8) is 0 Å². The highest BCUT2D eigenvalue weighted by molar-refractivity contribution is 5.97. The summed E-state index contributed by atoms with van der Waals surface area (Å²) in [6, 6.07) is 6.03. The minimum absolute atomic E-state index is 0.0358. The molecule has 0 heterocycles. The van der Waals surface area contributed by atoms with Gasteiger partial charge in [0.05, 0.1) is 5.56 Å². The molecule has 2 rings (SSSR count). The molecular weight excluding hydrogens is 268 g/mol. The van der Waals surface area contributed by atoms with Gasteiger partial charge in [-0.2, -0.15) is 0 Å². The van der Waals surface area contributed by atoms with E-state index in [2.05, 4.69) is 5.32 Å². The molecule has 4 N–H and O–H groups in total. The van der Waals surface area contributed by atoms with Gasteiger partial charge in [0.25, 0.3) is 5.91 Å². The van der Waals surface area contributed by atoms with E-state index in [9.17, 15) is 9.59 Å². The summed E-state index contributed by atoms with van der Waals surface area (Å²) in [5.41, 5.74) is 6.28. The molecule has 1 amide bonds. The minimum atomic E-state index is -1.03. The van der Waals surface area contributed by atoms with E-state index >= 15 is 0 Å². The van der Waals surface area contributed by atoms with Gasteiger partial charge in [0.2, 0.25) is 0 Å². The average Bonchev–Trinajstić information content (AvgIpc) is 2.53. The van der Waals surface area contributed by atoms with Gasteiger partial charge in [-0.1, -0.05) is 25.3 Å². The SMILES string of the molecule is NC[C@@H](NC(=O)c1cccc(C(=O)O)c1)C1CCCCC1. The van der Waals surface area contributed by atoms with E-state index in [1.54, 1.807) is 12.1 Å². The van der Waals surface area contributed by atoms with Crippen molar-refractivity contribution in [1.82, 2.24) is 5.32 Å². The molecule has 1 saturated carbocycles. The monoisotopic (exact) mass is 290 g/mol. The summed E-state index contributed by atoms with van der Waals surface area (Å²) in [6.07, 6.45) is 5.81. The Morgan fingerprint density at radius 3 is 2.52 bits per heavy atom. The van der Waals surface area contributed by atoms with Crippen molar-refractivity contribution >= 4 is 11.9 Å². The highest BCUT2D eigenvalue weighted by Crippen LogP contribution is 2.26. The minimum Gasteiger partial charge on any atom is -0.478 e. The lowest BCUT2D eigenvalue weighted by molar-refractivity contribution is 0.0697. The highest BCUT2D eigenvalue weighted by atomic mass is 16.4. The Balaban J connectivity index is 2.04. The Bertz CT molecular complexity index is 510. The Morgan fingerprint density at radius 1 is 1.24 bits per heavy atom. The number of carbonyl (C=O) groups excluding carboxylic acids is 1. The van der Waals surface area contributed by atoms with Crippen LogP contribution in [0, 0.1) is 5.92 Å². The molecule has 1 aliphatic carbocycles. The Labute approximate surface area is 124 Å². The summed E-state index contributed by atoms with van der Waals surface area (Å²) in [6.45, 7) is 0.412. The number of hydrogen-bond acceptors (Lipinski definition) is 3. The molecule has 1 fully saturated rings. The van der Waals surface area contributed by atoms with Crippen LogP contribution in [-0.4, -0.2) is 29.6 Å². The molecule has 0 bridgehead atoms. The van der Waals surface area contributed by atoms with Gasteiger partial charge in [-0.3, -0.25) is 4.79 Å². The van der Waals surface area contributed by atoms with Crippen LogP contribution in [0.4, 0.5) is 0 Å². The number of aromatic carboxylic acids is 1. The molecule has 0 saturated heterocycles. The van der Waals surface area contributed by atoms with Crippen molar-refractivity contribution in [3.05, 3.63) is 35.4 Å². The van der Waals surface area contributed by atoms with E-state index in [1.165, 1.54) is 31.4 Å². The second kappa shape index (κ2) is 7.22. The Kier molecular flexibility index (Phi) is 5.33. The van der Waals surface area contributed by atoms with Crippen LogP contribution in [0.3, 0.4) is 0 Å². The molecule has 1 atom stereocenters. The fourth-order valence-corrected chi connectivity index (χ4v) is 2.95. The van der Waals surface area contributed by atoms with Crippen LogP contribution in [0.1, 0.15) is 52.8 Å². The summed E-state index contributed by atoms with van der Waals surface area (Å²) in [7, 11) is 0. The molecule has 1 aromatic carbocycles. The molecule has 114 valence electrons. The first-order valence-corrected chi connectivity index (χ1v) is 7.46. The molecule has 0 aromatic heterocycles. The molecule has 5 heteroatoms. The van der Waals surface area contributed by atoms with Gasteiger partial charge >= 0.3 is 5.97 Å². The van der Waals surface area contributed by atoms with E-state index in [0.717, 1.165) is 12.8 Å². The quantitative estimate of drug-likeness (QED) is 0.773. The van der Waals surface area contributed by atoms with Crippen LogP contribution in [0.5, 0.6) is 0 Å². The second-order valence-corrected chi connectivity index (χ2v) is 5.60. The molecule has 1 aliphatic rings. The van der Waals surface area contributed by atoms with Gasteiger partial charge in [0, 0.05) is 18.2 Å². The zero-order valence-electron chi connectivity index (χ0n) is 12.0. The van der Waals surface area contributed by atoms with E-state index in [1.807, 2.05) is 0 Å². The fraction of sp³-hybridized carbons (Fsp3) is 0.500. The first-order valence-electron chi connectivity index (χ1n) is 7.46. The third kappa shape index (κ3) is 4.04. The van der Waals surface area contributed by atoms with Crippen LogP contribution in [0.25, 0.3) is 0 Å². The van der Waals surface area contributed by atoms with E-state index < -0.39 is 5.97 Å². The van der Waals surface area contributed by atoms with Crippen molar-refractivity contribution in [2.45, 2.75) is 38.1 Å². The summed E-state index contributed by atoms with van der Waals surface area (Å²) in [5, 5.41) is 11.9. The van der Waals surface area contributed by atoms with Gasteiger partial charge in [0.1, 0.15) is 0 Å². The smallest absolute Gasteiger partial charge is 0.335 e. The number of benzene rings is 1. The number of carbonyl (C=O) groups is 2. The lowest BCUT2D eigenvalue weighted by Crippen LogP contribution is -2.45. The normalized spacial score (nSPS) is 17.2. The predicted molar refractivity (Wildman–Crippen MR) is 80.3 cm³/mol. The summed E-state index contributed by atoms with van der Waals surface area (Å²) < 4.78 is 0. The molecule has 5 nitrogen and oxygen atoms in total. The first kappa shape index (κ1) is 15.5. The maximum absolute atomic E-state index is 12.3. The van der Waals surface area contributed by atoms with Gasteiger partial charge in [-0.15, -0.1) is 0 Å².